The molecule has 0 radical (unpaired) electrons. The summed E-state index contributed by atoms with van der Waals surface area (Å²) in [6, 6.07) is 0.868. The number of likely N-dealkylation sites (N-methyl/N-ethyl adjacent to an activating group) is 1. The van der Waals surface area contributed by atoms with Crippen molar-refractivity contribution in [1.82, 2.24) is 34.3 Å². The maximum atomic E-state index is 4.20. The normalized spacial score (nSPS) is 22.7. The summed E-state index contributed by atoms with van der Waals surface area (Å²) >= 11 is 0. The smallest absolute Gasteiger partial charge is 0.0945 e. The summed E-state index contributed by atoms with van der Waals surface area (Å²) in [5, 5.41) is 8.16. The molecule has 7 nitrogen and oxygen atoms in total. The van der Waals surface area contributed by atoms with Crippen LogP contribution in [0.4, 0.5) is 0 Å². The number of aryl methyl sites for hydroxylation is 2. The van der Waals surface area contributed by atoms with Crippen LogP contribution in [0.3, 0.4) is 0 Å². The fraction of sp³-hybridized carbons (Fsp3) is 0.667. The van der Waals surface area contributed by atoms with Crippen molar-refractivity contribution in [1.29, 1.82) is 0 Å². The molecule has 7 heteroatoms. The molecular formula is C15H25N7. The van der Waals surface area contributed by atoms with Gasteiger partial charge in [0.05, 0.1) is 18.6 Å². The van der Waals surface area contributed by atoms with Crippen LogP contribution in [0.5, 0.6) is 0 Å². The van der Waals surface area contributed by atoms with Crippen LogP contribution in [0.15, 0.2) is 24.9 Å². The van der Waals surface area contributed by atoms with Crippen LogP contribution in [0.25, 0.3) is 0 Å². The van der Waals surface area contributed by atoms with Crippen LogP contribution >= 0.6 is 0 Å². The first-order chi connectivity index (χ1) is 10.6. The molecule has 3 rings (SSSR count). The second kappa shape index (κ2) is 6.58. The highest BCUT2D eigenvalue weighted by Gasteiger charge is 2.35. The second-order valence-corrected chi connectivity index (χ2v) is 6.34. The van der Waals surface area contributed by atoms with Crippen molar-refractivity contribution >= 4 is 0 Å². The Bertz CT molecular complexity index is 574. The number of hydrogen-bond acceptors (Lipinski definition) is 5. The molecule has 0 bridgehead atoms. The van der Waals surface area contributed by atoms with E-state index in [4.69, 9.17) is 0 Å². The molecule has 22 heavy (non-hydrogen) atoms. The van der Waals surface area contributed by atoms with Gasteiger partial charge in [0, 0.05) is 44.3 Å². The Balaban J connectivity index is 1.56. The molecule has 2 atom stereocenters. The Hall–Kier alpha value is -1.73. The summed E-state index contributed by atoms with van der Waals surface area (Å²) in [7, 11) is 6.35. The van der Waals surface area contributed by atoms with E-state index in [0.29, 0.717) is 12.1 Å². The van der Waals surface area contributed by atoms with Crippen LogP contribution in [-0.4, -0.2) is 74.1 Å². The van der Waals surface area contributed by atoms with E-state index in [0.717, 1.165) is 32.5 Å². The molecule has 0 spiro atoms. The number of imidazole rings is 1. The standard InChI is InChI=1S/C15H25N7/c1-19(2)14-10-21(11-15(14)22-8-6-17-18-22)7-4-5-13-9-16-12-20(13)3/h6,8-9,12,14-15H,4-5,7,10-11H2,1-3H3/t14-,15+/m1/s1. The highest BCUT2D eigenvalue weighted by atomic mass is 15.5. The molecule has 0 saturated carbocycles. The van der Waals surface area contributed by atoms with E-state index in [1.807, 2.05) is 23.4 Å². The van der Waals surface area contributed by atoms with Crippen LogP contribution in [0.2, 0.25) is 0 Å². The Morgan fingerprint density at radius 2 is 2.18 bits per heavy atom. The SMILES string of the molecule is CN(C)[C@@H]1CN(CCCc2cncn2C)C[C@@H]1n1ccnn1. The molecule has 0 unspecified atom stereocenters. The lowest BCUT2D eigenvalue weighted by atomic mass is 10.1. The molecule has 1 aliphatic rings. The van der Waals surface area contributed by atoms with E-state index in [2.05, 4.69) is 50.8 Å². The molecular weight excluding hydrogens is 278 g/mol. The van der Waals surface area contributed by atoms with Crippen LogP contribution in [-0.2, 0) is 13.5 Å². The minimum atomic E-state index is 0.384. The number of rotatable bonds is 6. The molecule has 1 saturated heterocycles. The third kappa shape index (κ3) is 3.20. The average molecular weight is 303 g/mol. The lowest BCUT2D eigenvalue weighted by molar-refractivity contribution is 0.237. The van der Waals surface area contributed by atoms with Gasteiger partial charge < -0.3 is 9.47 Å². The topological polar surface area (TPSA) is 55.0 Å². The average Bonchev–Trinajstić information content (AvgIpc) is 3.19. The summed E-state index contributed by atoms with van der Waals surface area (Å²) < 4.78 is 4.11. The molecule has 0 aliphatic carbocycles. The van der Waals surface area contributed by atoms with Gasteiger partial charge in [-0.3, -0.25) is 4.90 Å². The lowest BCUT2D eigenvalue weighted by Gasteiger charge is -2.24. The van der Waals surface area contributed by atoms with Gasteiger partial charge >= 0.3 is 0 Å². The number of hydrogen-bond donors (Lipinski definition) is 0. The first kappa shape index (κ1) is 15.2. The van der Waals surface area contributed by atoms with Crippen molar-refractivity contribution in [3.05, 3.63) is 30.6 Å². The Morgan fingerprint density at radius 3 is 2.82 bits per heavy atom. The summed E-state index contributed by atoms with van der Waals surface area (Å²) in [6.45, 7) is 3.24. The minimum Gasteiger partial charge on any atom is -0.338 e. The zero-order valence-corrected chi connectivity index (χ0v) is 13.6. The Kier molecular flexibility index (Phi) is 4.54. The maximum Gasteiger partial charge on any atom is 0.0945 e. The largest absolute Gasteiger partial charge is 0.338 e. The van der Waals surface area contributed by atoms with Crippen molar-refractivity contribution in [3.63, 3.8) is 0 Å². The molecule has 0 amide bonds. The highest BCUT2D eigenvalue weighted by Crippen LogP contribution is 2.24. The van der Waals surface area contributed by atoms with Crippen molar-refractivity contribution in [2.24, 2.45) is 7.05 Å². The van der Waals surface area contributed by atoms with E-state index in [1.54, 1.807) is 6.20 Å². The molecule has 0 N–H and O–H groups in total. The first-order valence-corrected chi connectivity index (χ1v) is 7.85. The monoisotopic (exact) mass is 303 g/mol. The molecule has 120 valence electrons. The van der Waals surface area contributed by atoms with Gasteiger partial charge in [0.15, 0.2) is 0 Å². The summed E-state index contributed by atoms with van der Waals surface area (Å²) in [5.41, 5.74) is 1.30. The number of aromatic nitrogens is 5. The fourth-order valence-electron chi connectivity index (χ4n) is 3.30. The third-order valence-corrected chi connectivity index (χ3v) is 4.60. The molecule has 0 aromatic carbocycles. The van der Waals surface area contributed by atoms with E-state index in [-0.39, 0.29) is 0 Å². The van der Waals surface area contributed by atoms with Crippen LogP contribution in [0, 0.1) is 0 Å². The first-order valence-electron chi connectivity index (χ1n) is 7.85. The molecule has 2 aromatic heterocycles. The van der Waals surface area contributed by atoms with E-state index in [9.17, 15) is 0 Å². The second-order valence-electron chi connectivity index (χ2n) is 6.34. The Labute approximate surface area is 131 Å². The van der Waals surface area contributed by atoms with E-state index < -0.39 is 0 Å². The van der Waals surface area contributed by atoms with Gasteiger partial charge in [-0.15, -0.1) is 5.10 Å². The van der Waals surface area contributed by atoms with Gasteiger partial charge in [0.2, 0.25) is 0 Å². The zero-order valence-electron chi connectivity index (χ0n) is 13.6. The minimum absolute atomic E-state index is 0.384. The zero-order chi connectivity index (χ0) is 15.5. The van der Waals surface area contributed by atoms with Gasteiger partial charge in [-0.2, -0.15) is 0 Å². The lowest BCUT2D eigenvalue weighted by Crippen LogP contribution is -2.36. The van der Waals surface area contributed by atoms with Gasteiger partial charge in [0.25, 0.3) is 0 Å². The van der Waals surface area contributed by atoms with Gasteiger partial charge in [-0.25, -0.2) is 9.67 Å². The van der Waals surface area contributed by atoms with Gasteiger partial charge in [-0.1, -0.05) is 5.21 Å². The molecule has 1 aliphatic heterocycles. The summed E-state index contributed by atoms with van der Waals surface area (Å²) in [5.74, 6) is 0. The highest BCUT2D eigenvalue weighted by molar-refractivity contribution is 4.98. The van der Waals surface area contributed by atoms with Gasteiger partial charge in [-0.05, 0) is 33.5 Å². The third-order valence-electron chi connectivity index (χ3n) is 4.60. The fourth-order valence-corrected chi connectivity index (χ4v) is 3.30. The number of likely N-dealkylation sites (tertiary alicyclic amines) is 1. The predicted octanol–water partition coefficient (Wildman–Crippen LogP) is 0.431. The van der Waals surface area contributed by atoms with Gasteiger partial charge in [0.1, 0.15) is 0 Å². The van der Waals surface area contributed by atoms with Crippen LogP contribution in [0.1, 0.15) is 18.2 Å². The van der Waals surface area contributed by atoms with Crippen molar-refractivity contribution in [2.75, 3.05) is 33.7 Å². The van der Waals surface area contributed by atoms with E-state index in [1.165, 1.54) is 5.69 Å². The quantitative estimate of drug-likeness (QED) is 0.775. The van der Waals surface area contributed by atoms with Crippen molar-refractivity contribution < 1.29 is 0 Å². The molecule has 2 aromatic rings. The summed E-state index contributed by atoms with van der Waals surface area (Å²) in [4.78, 5) is 9.01. The van der Waals surface area contributed by atoms with Crippen molar-refractivity contribution in [2.45, 2.75) is 24.9 Å². The maximum absolute atomic E-state index is 4.20. The Morgan fingerprint density at radius 1 is 1.32 bits per heavy atom. The summed E-state index contributed by atoms with van der Waals surface area (Å²) in [6.07, 6.45) is 9.80. The van der Waals surface area contributed by atoms with Crippen LogP contribution < -0.4 is 0 Å². The van der Waals surface area contributed by atoms with E-state index >= 15 is 0 Å². The van der Waals surface area contributed by atoms with Crippen molar-refractivity contribution in [3.8, 4) is 0 Å². The molecule has 3 heterocycles. The molecule has 1 fully saturated rings. The predicted molar refractivity (Wildman–Crippen MR) is 84.5 cm³/mol. The number of nitrogens with zero attached hydrogens (tertiary/aromatic N) is 7.